The van der Waals surface area contributed by atoms with Gasteiger partial charge in [0.25, 0.3) is 6.71 Å². The summed E-state index contributed by atoms with van der Waals surface area (Å²) >= 11 is 0. The smallest absolute Gasteiger partial charge is 0.251 e. The molecule has 6 aromatic carbocycles. The standard InChI is InChI=1S/C67H82BN3/c1-44(62(3,4)5)21-39-57-45(2)68-56-41-50(67(18,19)20)30-40-58(56)71(54-37-28-49(29-38-54)66(15,16)17)60-43-55(42-59(61(60)68)70(57)53-35-26-48(27-36-53)65(12,13)14)69(51-31-22-46(23-32-51)63(6,7)8)52-33-24-47(25-34-52)64(9,10)11/h21-43H,2H2,1,3-20H3/b44-21+,57-39+. The fourth-order valence-corrected chi connectivity index (χ4v) is 10.0. The normalized spacial score (nSPS) is 15.3. The number of benzene rings is 6. The minimum atomic E-state index is -0.110. The first kappa shape index (κ1) is 51.4. The maximum atomic E-state index is 5.16. The van der Waals surface area contributed by atoms with Crippen molar-refractivity contribution in [1.29, 1.82) is 0 Å². The molecule has 3 nitrogen and oxygen atoms in total. The molecule has 2 heterocycles. The van der Waals surface area contributed by atoms with Crippen LogP contribution >= 0.6 is 0 Å². The van der Waals surface area contributed by atoms with E-state index in [-0.39, 0.29) is 39.2 Å². The lowest BCUT2D eigenvalue weighted by Crippen LogP contribution is -2.56. The zero-order chi connectivity index (χ0) is 52.0. The quantitative estimate of drug-likeness (QED) is 0.154. The van der Waals surface area contributed by atoms with E-state index in [1.54, 1.807) is 0 Å². The molecule has 0 saturated carbocycles. The van der Waals surface area contributed by atoms with Crippen molar-refractivity contribution in [3.05, 3.63) is 191 Å². The van der Waals surface area contributed by atoms with E-state index in [0.29, 0.717) is 0 Å². The van der Waals surface area contributed by atoms with E-state index in [2.05, 4.69) is 286 Å². The first-order valence-electron chi connectivity index (χ1n) is 26.1. The zero-order valence-electron chi connectivity index (χ0n) is 46.9. The third-order valence-corrected chi connectivity index (χ3v) is 15.2. The van der Waals surface area contributed by atoms with E-state index in [1.807, 2.05) is 0 Å². The fraction of sp³-hybridized carbons (Fsp3) is 0.373. The van der Waals surface area contributed by atoms with Crippen LogP contribution in [0.25, 0.3) is 0 Å². The van der Waals surface area contributed by atoms with E-state index in [9.17, 15) is 0 Å². The van der Waals surface area contributed by atoms with Crippen LogP contribution in [0.5, 0.6) is 0 Å². The number of nitrogens with zero attached hydrogens (tertiary/aromatic N) is 3. The van der Waals surface area contributed by atoms with Gasteiger partial charge in [0.05, 0.1) is 5.69 Å². The van der Waals surface area contributed by atoms with Gasteiger partial charge in [0, 0.05) is 45.5 Å². The number of rotatable bonds is 6. The molecule has 2 aliphatic rings. The molecule has 0 atom stereocenters. The van der Waals surface area contributed by atoms with Crippen LogP contribution in [0.1, 0.15) is 159 Å². The van der Waals surface area contributed by atoms with E-state index in [0.717, 1.165) is 51.0 Å². The van der Waals surface area contributed by atoms with Crippen LogP contribution < -0.4 is 25.6 Å². The molecule has 0 aliphatic carbocycles. The molecule has 0 spiro atoms. The van der Waals surface area contributed by atoms with Crippen molar-refractivity contribution in [2.24, 2.45) is 5.41 Å². The van der Waals surface area contributed by atoms with Crippen LogP contribution in [0.15, 0.2) is 163 Å². The number of anilines is 8. The Morgan fingerprint density at radius 3 is 1.20 bits per heavy atom. The summed E-state index contributed by atoms with van der Waals surface area (Å²) in [6.45, 7) is 48.7. The largest absolute Gasteiger partial charge is 0.311 e. The number of hydrogen-bond acceptors (Lipinski definition) is 3. The molecule has 0 radical (unpaired) electrons. The summed E-state index contributed by atoms with van der Waals surface area (Å²) in [4.78, 5) is 7.54. The zero-order valence-corrected chi connectivity index (χ0v) is 46.9. The third-order valence-electron chi connectivity index (χ3n) is 15.2. The van der Waals surface area contributed by atoms with Gasteiger partial charge in [0.2, 0.25) is 0 Å². The topological polar surface area (TPSA) is 9.72 Å². The molecule has 0 fully saturated rings. The molecule has 2 aliphatic heterocycles. The Hall–Kier alpha value is -6.00. The van der Waals surface area contributed by atoms with Crippen LogP contribution in [0.2, 0.25) is 0 Å². The van der Waals surface area contributed by atoms with Crippen molar-refractivity contribution in [1.82, 2.24) is 0 Å². The van der Waals surface area contributed by atoms with Crippen molar-refractivity contribution < 1.29 is 0 Å². The average Bonchev–Trinajstić information content (AvgIpc) is 3.27. The lowest BCUT2D eigenvalue weighted by Gasteiger charge is -2.46. The van der Waals surface area contributed by atoms with Gasteiger partial charge in [-0.15, -0.1) is 6.58 Å². The highest BCUT2D eigenvalue weighted by Gasteiger charge is 2.45. The maximum Gasteiger partial charge on any atom is 0.251 e. The molecular weight excluding hydrogens is 858 g/mol. The molecule has 0 unspecified atom stereocenters. The second-order valence-corrected chi connectivity index (χ2v) is 26.7. The van der Waals surface area contributed by atoms with Crippen LogP contribution in [0.3, 0.4) is 0 Å². The van der Waals surface area contributed by atoms with Crippen molar-refractivity contribution in [2.75, 3.05) is 14.7 Å². The van der Waals surface area contributed by atoms with Crippen LogP contribution in [0.4, 0.5) is 45.5 Å². The molecule has 71 heavy (non-hydrogen) atoms. The van der Waals surface area contributed by atoms with Gasteiger partial charge < -0.3 is 14.7 Å². The van der Waals surface area contributed by atoms with Crippen molar-refractivity contribution in [3.63, 3.8) is 0 Å². The average molecular weight is 940 g/mol. The van der Waals surface area contributed by atoms with Gasteiger partial charge >= 0.3 is 0 Å². The minimum absolute atomic E-state index is 0.00183. The summed E-state index contributed by atoms with van der Waals surface area (Å²) in [5.74, 6) is 0. The van der Waals surface area contributed by atoms with E-state index < -0.39 is 0 Å². The predicted molar refractivity (Wildman–Crippen MR) is 313 cm³/mol. The molecule has 0 amide bonds. The Kier molecular flexibility index (Phi) is 13.0. The number of hydrogen-bond donors (Lipinski definition) is 0. The highest BCUT2D eigenvalue weighted by atomic mass is 15.2. The lowest BCUT2D eigenvalue weighted by atomic mass is 9.32. The number of allylic oxidation sites excluding steroid dienone is 4. The minimum Gasteiger partial charge on any atom is -0.311 e. The molecule has 368 valence electrons. The summed E-state index contributed by atoms with van der Waals surface area (Å²) in [5, 5.41) is 0. The molecule has 4 heteroatoms. The van der Waals surface area contributed by atoms with Gasteiger partial charge in [-0.3, -0.25) is 0 Å². The highest BCUT2D eigenvalue weighted by Crippen LogP contribution is 2.50. The Morgan fingerprint density at radius 1 is 0.437 bits per heavy atom. The van der Waals surface area contributed by atoms with E-state index in [1.165, 1.54) is 50.0 Å². The van der Waals surface area contributed by atoms with Crippen molar-refractivity contribution in [2.45, 2.75) is 159 Å². The van der Waals surface area contributed by atoms with Gasteiger partial charge in [-0.2, -0.15) is 0 Å². The summed E-state index contributed by atoms with van der Waals surface area (Å²) in [6, 6.07) is 49.3. The summed E-state index contributed by atoms with van der Waals surface area (Å²) in [6.07, 6.45) is 4.69. The highest BCUT2D eigenvalue weighted by molar-refractivity contribution is 6.96. The summed E-state index contributed by atoms with van der Waals surface area (Å²) in [7, 11) is 0. The second-order valence-electron chi connectivity index (χ2n) is 26.7. The fourth-order valence-electron chi connectivity index (χ4n) is 10.0. The van der Waals surface area contributed by atoms with E-state index in [4.69, 9.17) is 6.58 Å². The second kappa shape index (κ2) is 17.9. The molecule has 0 saturated heterocycles. The first-order valence-corrected chi connectivity index (χ1v) is 26.1. The maximum absolute atomic E-state index is 5.16. The Labute approximate surface area is 430 Å². The lowest BCUT2D eigenvalue weighted by molar-refractivity contribution is 0.504. The van der Waals surface area contributed by atoms with Crippen molar-refractivity contribution in [3.8, 4) is 0 Å². The molecule has 0 bridgehead atoms. The van der Waals surface area contributed by atoms with Gasteiger partial charge in [-0.25, -0.2) is 0 Å². The Balaban J connectivity index is 1.53. The molecular formula is C67H82BN3. The predicted octanol–water partition coefficient (Wildman–Crippen LogP) is 18.2. The van der Waals surface area contributed by atoms with Crippen LogP contribution in [-0.4, -0.2) is 6.71 Å². The van der Waals surface area contributed by atoms with Crippen molar-refractivity contribution >= 4 is 63.1 Å². The monoisotopic (exact) mass is 940 g/mol. The summed E-state index contributed by atoms with van der Waals surface area (Å²) in [5.41, 5.74) is 21.6. The Bertz CT molecular complexity index is 2950. The Morgan fingerprint density at radius 2 is 0.803 bits per heavy atom. The third kappa shape index (κ3) is 10.1. The van der Waals surface area contributed by atoms with Gasteiger partial charge in [-0.1, -0.05) is 202 Å². The van der Waals surface area contributed by atoms with Crippen LogP contribution in [-0.2, 0) is 27.1 Å². The van der Waals surface area contributed by atoms with Crippen LogP contribution in [0, 0.1) is 5.41 Å². The van der Waals surface area contributed by atoms with Gasteiger partial charge in [0.15, 0.2) is 0 Å². The molecule has 6 aromatic rings. The first-order chi connectivity index (χ1) is 32.8. The van der Waals surface area contributed by atoms with Gasteiger partial charge in [0.1, 0.15) is 0 Å². The summed E-state index contributed by atoms with van der Waals surface area (Å²) < 4.78 is 0. The molecule has 0 N–H and O–H groups in total. The molecule has 8 rings (SSSR count). The van der Waals surface area contributed by atoms with E-state index >= 15 is 0 Å². The molecule has 0 aromatic heterocycles. The van der Waals surface area contributed by atoms with Gasteiger partial charge in [-0.05, 0) is 151 Å². The SMILES string of the molecule is C=C1B2c3cc(C(C)(C)C)ccc3N(c3ccc(C(C)(C)C)cc3)c3cc(N(c4ccc(C(C)(C)C)cc4)c4ccc(C(C)(C)C)cc4)cc(c32)N(c2ccc(C(C)(C)C)cc2)/C1=C/C=C(\C)C(C)(C)C. The number of fused-ring (bicyclic) bond motifs is 2.